The van der Waals surface area contributed by atoms with Crippen LogP contribution in [0.25, 0.3) is 0 Å². The Balaban J connectivity index is 1.96. The van der Waals surface area contributed by atoms with Crippen molar-refractivity contribution < 1.29 is 14.3 Å². The van der Waals surface area contributed by atoms with E-state index in [2.05, 4.69) is 10.6 Å². The van der Waals surface area contributed by atoms with Crippen molar-refractivity contribution in [3.05, 3.63) is 53.6 Å². The van der Waals surface area contributed by atoms with Gasteiger partial charge in [-0.25, -0.2) is 0 Å². The van der Waals surface area contributed by atoms with Gasteiger partial charge in [-0.15, -0.1) is 0 Å². The molecule has 0 spiro atoms. The first-order valence-electron chi connectivity index (χ1n) is 9.45. The first kappa shape index (κ1) is 21.4. The summed E-state index contributed by atoms with van der Waals surface area (Å²) in [5, 5.41) is 5.79. The molecular weight excluding hydrogens is 354 g/mol. The van der Waals surface area contributed by atoms with Gasteiger partial charge in [-0.1, -0.05) is 36.8 Å². The van der Waals surface area contributed by atoms with Crippen LogP contribution in [-0.4, -0.2) is 43.5 Å². The summed E-state index contributed by atoms with van der Waals surface area (Å²) in [6, 6.07) is 13.1. The van der Waals surface area contributed by atoms with E-state index in [0.29, 0.717) is 18.0 Å². The van der Waals surface area contributed by atoms with Gasteiger partial charge >= 0.3 is 0 Å². The Morgan fingerprint density at radius 3 is 2.21 bits per heavy atom. The molecule has 6 heteroatoms. The highest BCUT2D eigenvalue weighted by Crippen LogP contribution is 2.22. The molecule has 2 amide bonds. The van der Waals surface area contributed by atoms with E-state index in [0.717, 1.165) is 23.2 Å². The van der Waals surface area contributed by atoms with Gasteiger partial charge in [0, 0.05) is 5.69 Å². The highest BCUT2D eigenvalue weighted by atomic mass is 16.5. The van der Waals surface area contributed by atoms with Crippen molar-refractivity contribution in [1.82, 2.24) is 4.90 Å². The molecule has 0 heterocycles. The highest BCUT2D eigenvalue weighted by molar-refractivity contribution is 5.95. The fourth-order valence-electron chi connectivity index (χ4n) is 3.02. The lowest BCUT2D eigenvalue weighted by molar-refractivity contribution is -0.120. The number of amides is 2. The van der Waals surface area contributed by atoms with Crippen LogP contribution in [0, 0.1) is 13.8 Å². The van der Waals surface area contributed by atoms with Gasteiger partial charge in [-0.3, -0.25) is 14.5 Å². The second-order valence-corrected chi connectivity index (χ2v) is 6.83. The Morgan fingerprint density at radius 2 is 1.61 bits per heavy atom. The molecule has 0 saturated carbocycles. The van der Waals surface area contributed by atoms with Gasteiger partial charge in [0.25, 0.3) is 0 Å². The van der Waals surface area contributed by atoms with Gasteiger partial charge < -0.3 is 15.4 Å². The third-order valence-electron chi connectivity index (χ3n) is 4.31. The van der Waals surface area contributed by atoms with Crippen LogP contribution in [0.5, 0.6) is 5.75 Å². The molecule has 0 saturated heterocycles. The summed E-state index contributed by atoms with van der Waals surface area (Å²) in [7, 11) is 1.56. The molecule has 28 heavy (non-hydrogen) atoms. The molecule has 2 rings (SSSR count). The second-order valence-electron chi connectivity index (χ2n) is 6.83. The molecule has 0 atom stereocenters. The number of nitrogens with one attached hydrogen (secondary N) is 2. The Hall–Kier alpha value is -2.86. The highest BCUT2D eigenvalue weighted by Gasteiger charge is 2.16. The predicted molar refractivity (Wildman–Crippen MR) is 113 cm³/mol. The zero-order valence-corrected chi connectivity index (χ0v) is 17.0. The average molecular weight is 383 g/mol. The predicted octanol–water partition coefficient (Wildman–Crippen LogP) is 3.60. The van der Waals surface area contributed by atoms with Crippen LogP contribution in [0.3, 0.4) is 0 Å². The van der Waals surface area contributed by atoms with Crippen LogP contribution >= 0.6 is 0 Å². The topological polar surface area (TPSA) is 70.7 Å². The first-order chi connectivity index (χ1) is 13.4. The lowest BCUT2D eigenvalue weighted by Crippen LogP contribution is -2.39. The van der Waals surface area contributed by atoms with Crippen LogP contribution in [0.1, 0.15) is 24.5 Å². The Kier molecular flexibility index (Phi) is 8.02. The van der Waals surface area contributed by atoms with Gasteiger partial charge in [0.2, 0.25) is 11.8 Å². The summed E-state index contributed by atoms with van der Waals surface area (Å²) in [5.41, 5.74) is 3.58. The van der Waals surface area contributed by atoms with Crippen molar-refractivity contribution in [2.45, 2.75) is 27.2 Å². The van der Waals surface area contributed by atoms with Crippen LogP contribution in [0.4, 0.5) is 11.4 Å². The van der Waals surface area contributed by atoms with Crippen LogP contribution < -0.4 is 15.4 Å². The van der Waals surface area contributed by atoms with Crippen LogP contribution in [-0.2, 0) is 9.59 Å². The summed E-state index contributed by atoms with van der Waals surface area (Å²) >= 11 is 0. The van der Waals surface area contributed by atoms with E-state index in [4.69, 9.17) is 4.74 Å². The van der Waals surface area contributed by atoms with Crippen molar-refractivity contribution in [1.29, 1.82) is 0 Å². The molecule has 0 aliphatic heterocycles. The number of para-hydroxylation sites is 2. The molecule has 0 bridgehead atoms. The molecule has 6 nitrogen and oxygen atoms in total. The molecular formula is C22H29N3O3. The van der Waals surface area contributed by atoms with Gasteiger partial charge in [0.05, 0.1) is 25.9 Å². The van der Waals surface area contributed by atoms with Crippen molar-refractivity contribution in [3.8, 4) is 5.75 Å². The van der Waals surface area contributed by atoms with E-state index >= 15 is 0 Å². The molecule has 0 aliphatic rings. The third kappa shape index (κ3) is 6.39. The lowest BCUT2D eigenvalue weighted by atomic mass is 10.1. The summed E-state index contributed by atoms with van der Waals surface area (Å²) in [6.45, 7) is 6.94. The molecule has 0 radical (unpaired) electrons. The maximum Gasteiger partial charge on any atom is 0.238 e. The molecule has 2 aromatic rings. The van der Waals surface area contributed by atoms with Gasteiger partial charge in [0.15, 0.2) is 0 Å². The fourth-order valence-corrected chi connectivity index (χ4v) is 3.02. The largest absolute Gasteiger partial charge is 0.495 e. The van der Waals surface area contributed by atoms with Crippen LogP contribution in [0.15, 0.2) is 42.5 Å². The quantitative estimate of drug-likeness (QED) is 0.694. The maximum atomic E-state index is 12.5. The van der Waals surface area contributed by atoms with Gasteiger partial charge in [0.1, 0.15) is 5.75 Å². The maximum absolute atomic E-state index is 12.5. The van der Waals surface area contributed by atoms with E-state index in [1.54, 1.807) is 19.2 Å². The van der Waals surface area contributed by atoms with Crippen molar-refractivity contribution in [2.24, 2.45) is 0 Å². The van der Waals surface area contributed by atoms with Crippen molar-refractivity contribution >= 4 is 23.2 Å². The lowest BCUT2D eigenvalue weighted by Gasteiger charge is -2.21. The second kappa shape index (κ2) is 10.5. The molecule has 2 aromatic carbocycles. The number of hydrogen-bond donors (Lipinski definition) is 2. The van der Waals surface area contributed by atoms with E-state index in [-0.39, 0.29) is 24.9 Å². The first-order valence-corrected chi connectivity index (χ1v) is 9.45. The smallest absolute Gasteiger partial charge is 0.238 e. The Bertz CT molecular complexity index is 820. The Morgan fingerprint density at radius 1 is 0.964 bits per heavy atom. The van der Waals surface area contributed by atoms with Crippen molar-refractivity contribution in [3.63, 3.8) is 0 Å². The average Bonchev–Trinajstić information content (AvgIpc) is 2.64. The molecule has 2 N–H and O–H groups in total. The number of aryl methyl sites for hydroxylation is 2. The molecule has 0 fully saturated rings. The SMILES string of the molecule is CCCN(CC(=O)Nc1ccc(C)cc1C)CC(=O)Nc1ccccc1OC. The number of rotatable bonds is 9. The normalized spacial score (nSPS) is 10.6. The van der Waals surface area contributed by atoms with E-state index < -0.39 is 0 Å². The monoisotopic (exact) mass is 383 g/mol. The van der Waals surface area contributed by atoms with Gasteiger partial charge in [-0.2, -0.15) is 0 Å². The number of carbonyl (C=O) groups excluding carboxylic acids is 2. The summed E-state index contributed by atoms with van der Waals surface area (Å²) in [4.78, 5) is 26.8. The Labute approximate surface area is 166 Å². The minimum absolute atomic E-state index is 0.131. The van der Waals surface area contributed by atoms with E-state index in [9.17, 15) is 9.59 Å². The van der Waals surface area contributed by atoms with Crippen molar-refractivity contribution in [2.75, 3.05) is 37.4 Å². The fraction of sp³-hybridized carbons (Fsp3) is 0.364. The zero-order chi connectivity index (χ0) is 20.5. The standard InChI is InChI=1S/C22H29N3O3/c1-5-12-25(14-21(26)23-18-11-10-16(2)13-17(18)3)15-22(27)24-19-8-6-7-9-20(19)28-4/h6-11,13H,5,12,14-15H2,1-4H3,(H,23,26)(H,24,27). The molecule has 150 valence electrons. The van der Waals surface area contributed by atoms with E-state index in [1.807, 2.05) is 56.0 Å². The number of nitrogens with zero attached hydrogens (tertiary/aromatic N) is 1. The minimum atomic E-state index is -0.183. The summed E-state index contributed by atoms with van der Waals surface area (Å²) in [5.74, 6) is 0.285. The van der Waals surface area contributed by atoms with E-state index in [1.165, 1.54) is 0 Å². The minimum Gasteiger partial charge on any atom is -0.495 e. The number of hydrogen-bond acceptors (Lipinski definition) is 4. The van der Waals surface area contributed by atoms with Crippen LogP contribution in [0.2, 0.25) is 0 Å². The third-order valence-corrected chi connectivity index (χ3v) is 4.31. The number of benzene rings is 2. The number of ether oxygens (including phenoxy) is 1. The molecule has 0 unspecified atom stereocenters. The van der Waals surface area contributed by atoms with Gasteiger partial charge in [-0.05, 0) is 50.6 Å². The zero-order valence-electron chi connectivity index (χ0n) is 17.0. The summed E-state index contributed by atoms with van der Waals surface area (Å²) in [6.07, 6.45) is 0.846. The summed E-state index contributed by atoms with van der Waals surface area (Å²) < 4.78 is 5.26. The molecule has 0 aromatic heterocycles. The molecule has 0 aliphatic carbocycles. The number of carbonyl (C=O) groups is 2. The number of anilines is 2. The number of methoxy groups -OCH3 is 1.